The molecule has 4 aliphatic carbocycles. The number of hydrogen-bond donors (Lipinski definition) is 2. The van der Waals surface area contributed by atoms with Gasteiger partial charge in [0.1, 0.15) is 11.6 Å². The lowest BCUT2D eigenvalue weighted by molar-refractivity contribution is -0.00566. The van der Waals surface area contributed by atoms with Crippen LogP contribution in [0.25, 0.3) is 0 Å². The van der Waals surface area contributed by atoms with Crippen LogP contribution in [0.1, 0.15) is 49.5 Å². The summed E-state index contributed by atoms with van der Waals surface area (Å²) >= 11 is 0. The van der Waals surface area contributed by atoms with Crippen LogP contribution in [-0.4, -0.2) is 16.5 Å². The molecule has 4 nitrogen and oxygen atoms in total. The third kappa shape index (κ3) is 2.01. The van der Waals surface area contributed by atoms with Crippen molar-refractivity contribution in [2.24, 2.45) is 29.4 Å². The van der Waals surface area contributed by atoms with Crippen molar-refractivity contribution in [2.75, 3.05) is 12.3 Å². The van der Waals surface area contributed by atoms with Gasteiger partial charge in [-0.15, -0.1) is 0 Å². The third-order valence-corrected chi connectivity index (χ3v) is 5.74. The van der Waals surface area contributed by atoms with Crippen molar-refractivity contribution < 1.29 is 0 Å². The molecule has 0 aromatic carbocycles. The number of anilines is 1. The van der Waals surface area contributed by atoms with Crippen LogP contribution >= 0.6 is 0 Å². The maximum atomic E-state index is 5.99. The first-order valence-electron chi connectivity index (χ1n) is 8.06. The number of nitrogen functional groups attached to an aromatic ring is 1. The molecule has 0 unspecified atom stereocenters. The molecule has 4 bridgehead atoms. The summed E-state index contributed by atoms with van der Waals surface area (Å²) in [5.41, 5.74) is 12.7. The fraction of sp³-hybridized carbons (Fsp3) is 0.750. The average Bonchev–Trinajstić information content (AvgIpc) is 2.37. The standard InChI is InChI=1S/C16H24N4/c17-2-1-13-8-14(18)20-16(19-13)15-11-4-9-3-10(6-11)7-12(15)5-9/h8-12,15H,1-7,17H2,(H2,18,19,20). The number of rotatable bonds is 3. The molecule has 108 valence electrons. The van der Waals surface area contributed by atoms with Crippen LogP contribution in [0.5, 0.6) is 0 Å². The van der Waals surface area contributed by atoms with Gasteiger partial charge in [-0.1, -0.05) is 0 Å². The molecule has 4 saturated carbocycles. The SMILES string of the molecule is NCCc1cc(N)nc(C2C3CC4CC(C3)CC2C4)n1. The van der Waals surface area contributed by atoms with Gasteiger partial charge in [0, 0.05) is 24.1 Å². The number of nitrogens with two attached hydrogens (primary N) is 2. The Labute approximate surface area is 120 Å². The van der Waals surface area contributed by atoms with Gasteiger partial charge in [0.15, 0.2) is 0 Å². The monoisotopic (exact) mass is 272 g/mol. The van der Waals surface area contributed by atoms with Gasteiger partial charge < -0.3 is 11.5 Å². The number of hydrogen-bond acceptors (Lipinski definition) is 4. The molecule has 5 rings (SSSR count). The van der Waals surface area contributed by atoms with Gasteiger partial charge in [-0.25, -0.2) is 9.97 Å². The lowest BCUT2D eigenvalue weighted by atomic mass is 9.51. The van der Waals surface area contributed by atoms with E-state index in [1.807, 2.05) is 6.07 Å². The van der Waals surface area contributed by atoms with Crippen LogP contribution in [0.15, 0.2) is 6.07 Å². The highest BCUT2D eigenvalue weighted by Crippen LogP contribution is 2.59. The quantitative estimate of drug-likeness (QED) is 0.883. The molecule has 20 heavy (non-hydrogen) atoms. The Bertz CT molecular complexity index is 485. The van der Waals surface area contributed by atoms with E-state index in [-0.39, 0.29) is 0 Å². The van der Waals surface area contributed by atoms with Crippen LogP contribution in [0.4, 0.5) is 5.82 Å². The van der Waals surface area contributed by atoms with Crippen molar-refractivity contribution >= 4 is 5.82 Å². The van der Waals surface area contributed by atoms with Crippen molar-refractivity contribution in [3.63, 3.8) is 0 Å². The molecular weight excluding hydrogens is 248 g/mol. The minimum absolute atomic E-state index is 0.558. The summed E-state index contributed by atoms with van der Waals surface area (Å²) in [7, 11) is 0. The van der Waals surface area contributed by atoms with E-state index in [0.29, 0.717) is 18.3 Å². The van der Waals surface area contributed by atoms with Gasteiger partial charge in [-0.3, -0.25) is 0 Å². The Morgan fingerprint density at radius 1 is 1.00 bits per heavy atom. The zero-order chi connectivity index (χ0) is 13.7. The smallest absolute Gasteiger partial charge is 0.134 e. The van der Waals surface area contributed by atoms with E-state index in [4.69, 9.17) is 16.5 Å². The molecule has 0 saturated heterocycles. The average molecular weight is 272 g/mol. The van der Waals surface area contributed by atoms with Crippen LogP contribution < -0.4 is 11.5 Å². The van der Waals surface area contributed by atoms with E-state index in [1.165, 1.54) is 32.1 Å². The van der Waals surface area contributed by atoms with Gasteiger partial charge in [0.05, 0.1) is 0 Å². The Kier molecular flexibility index (Phi) is 2.95. The maximum Gasteiger partial charge on any atom is 0.134 e. The highest BCUT2D eigenvalue weighted by molar-refractivity contribution is 5.31. The van der Waals surface area contributed by atoms with Gasteiger partial charge >= 0.3 is 0 Å². The van der Waals surface area contributed by atoms with E-state index in [9.17, 15) is 0 Å². The van der Waals surface area contributed by atoms with Gasteiger partial charge in [0.25, 0.3) is 0 Å². The topological polar surface area (TPSA) is 77.8 Å². The second-order valence-electron chi connectivity index (χ2n) is 7.14. The summed E-state index contributed by atoms with van der Waals surface area (Å²) in [6.45, 7) is 0.623. The molecular formula is C16H24N4. The van der Waals surface area contributed by atoms with Gasteiger partial charge in [-0.05, 0) is 62.3 Å². The van der Waals surface area contributed by atoms with E-state index >= 15 is 0 Å². The minimum Gasteiger partial charge on any atom is -0.384 e. The number of aromatic nitrogens is 2. The normalized spacial score (nSPS) is 38.4. The van der Waals surface area contributed by atoms with Gasteiger partial charge in [-0.2, -0.15) is 0 Å². The summed E-state index contributed by atoms with van der Waals surface area (Å²) < 4.78 is 0. The molecule has 4 N–H and O–H groups in total. The maximum absolute atomic E-state index is 5.99. The predicted molar refractivity (Wildman–Crippen MR) is 79.0 cm³/mol. The fourth-order valence-electron chi connectivity index (χ4n) is 5.31. The summed E-state index contributed by atoms with van der Waals surface area (Å²) in [5.74, 6) is 5.77. The first kappa shape index (κ1) is 12.6. The van der Waals surface area contributed by atoms with E-state index in [0.717, 1.165) is 41.6 Å². The Hall–Kier alpha value is -1.16. The molecule has 4 aliphatic rings. The highest BCUT2D eigenvalue weighted by Gasteiger charge is 2.49. The highest BCUT2D eigenvalue weighted by atomic mass is 15.0. The van der Waals surface area contributed by atoms with Crippen LogP contribution in [0.2, 0.25) is 0 Å². The largest absolute Gasteiger partial charge is 0.384 e. The van der Waals surface area contributed by atoms with Gasteiger partial charge in [0.2, 0.25) is 0 Å². The molecule has 1 aromatic rings. The predicted octanol–water partition coefficient (Wildman–Crippen LogP) is 2.10. The van der Waals surface area contributed by atoms with E-state index in [2.05, 4.69) is 4.98 Å². The second-order valence-corrected chi connectivity index (χ2v) is 7.14. The molecule has 0 amide bonds. The molecule has 0 spiro atoms. The Morgan fingerprint density at radius 3 is 2.25 bits per heavy atom. The van der Waals surface area contributed by atoms with Crippen molar-refractivity contribution in [2.45, 2.75) is 44.4 Å². The Balaban J connectivity index is 1.67. The van der Waals surface area contributed by atoms with Crippen molar-refractivity contribution in [1.29, 1.82) is 0 Å². The lowest BCUT2D eigenvalue weighted by Crippen LogP contribution is -2.44. The first-order chi connectivity index (χ1) is 9.72. The molecule has 0 radical (unpaired) electrons. The van der Waals surface area contributed by atoms with E-state index < -0.39 is 0 Å². The molecule has 1 aromatic heterocycles. The zero-order valence-electron chi connectivity index (χ0n) is 12.0. The summed E-state index contributed by atoms with van der Waals surface area (Å²) in [6, 6.07) is 1.88. The summed E-state index contributed by atoms with van der Waals surface area (Å²) in [5, 5.41) is 0. The van der Waals surface area contributed by atoms with Crippen LogP contribution in [0.3, 0.4) is 0 Å². The first-order valence-corrected chi connectivity index (χ1v) is 8.06. The van der Waals surface area contributed by atoms with Crippen LogP contribution in [0, 0.1) is 23.7 Å². The Morgan fingerprint density at radius 2 is 1.65 bits per heavy atom. The minimum atomic E-state index is 0.558. The lowest BCUT2D eigenvalue weighted by Gasteiger charge is -2.53. The molecule has 0 atom stereocenters. The molecule has 1 heterocycles. The number of nitrogens with zero attached hydrogens (tertiary/aromatic N) is 2. The van der Waals surface area contributed by atoms with Crippen molar-refractivity contribution in [1.82, 2.24) is 9.97 Å². The molecule has 0 aliphatic heterocycles. The van der Waals surface area contributed by atoms with Crippen molar-refractivity contribution in [3.05, 3.63) is 17.6 Å². The van der Waals surface area contributed by atoms with E-state index in [1.54, 1.807) is 0 Å². The van der Waals surface area contributed by atoms with Crippen LogP contribution in [-0.2, 0) is 6.42 Å². The fourth-order valence-corrected chi connectivity index (χ4v) is 5.31. The summed E-state index contributed by atoms with van der Waals surface area (Å²) in [6.07, 6.45) is 7.84. The third-order valence-electron chi connectivity index (χ3n) is 5.74. The van der Waals surface area contributed by atoms with Crippen molar-refractivity contribution in [3.8, 4) is 0 Å². The second kappa shape index (κ2) is 4.69. The summed E-state index contributed by atoms with van der Waals surface area (Å²) in [4.78, 5) is 9.39. The molecule has 4 fully saturated rings. The molecule has 4 heteroatoms. The zero-order valence-corrected chi connectivity index (χ0v) is 12.0.